The van der Waals surface area contributed by atoms with Crippen molar-refractivity contribution in [2.45, 2.75) is 53.0 Å². The first-order chi connectivity index (χ1) is 10.3. The number of thiazole rings is 1. The summed E-state index contributed by atoms with van der Waals surface area (Å²) < 4.78 is 28.9. The summed E-state index contributed by atoms with van der Waals surface area (Å²) in [6.45, 7) is 9.36. The topological polar surface area (TPSA) is 53.5 Å². The molecule has 0 spiro atoms. The summed E-state index contributed by atoms with van der Waals surface area (Å²) in [6.07, 6.45) is 2.94. The summed E-state index contributed by atoms with van der Waals surface area (Å²) in [5, 5.41) is 1.07. The van der Waals surface area contributed by atoms with Gasteiger partial charge < -0.3 is 0 Å². The Hall–Kier alpha value is -0.500. The standard InChI is InChI=1S/C15H27N3O2S2/c1-6-14-16-12(3)15(21-14)13(4)17(5)22(19,20)18-9-7-8-11(2)10-18/h11,13H,6-10H2,1-5H3/t11-,13+/m0/s1. The fraction of sp³-hybridized carbons (Fsp3) is 0.800. The molecule has 0 amide bonds. The summed E-state index contributed by atoms with van der Waals surface area (Å²) in [7, 11) is -1.73. The van der Waals surface area contributed by atoms with E-state index in [2.05, 4.69) is 18.8 Å². The molecule has 1 aliphatic heterocycles. The first-order valence-corrected chi connectivity index (χ1v) is 10.2. The molecule has 2 rings (SSSR count). The van der Waals surface area contributed by atoms with Crippen molar-refractivity contribution in [2.75, 3.05) is 20.1 Å². The number of rotatable bonds is 5. The van der Waals surface area contributed by atoms with E-state index in [4.69, 9.17) is 0 Å². The van der Waals surface area contributed by atoms with E-state index in [1.54, 1.807) is 22.7 Å². The van der Waals surface area contributed by atoms with Gasteiger partial charge in [-0.05, 0) is 39.0 Å². The highest BCUT2D eigenvalue weighted by molar-refractivity contribution is 7.86. The molecule has 0 unspecified atom stereocenters. The van der Waals surface area contributed by atoms with E-state index in [9.17, 15) is 8.42 Å². The van der Waals surface area contributed by atoms with Gasteiger partial charge in [0.05, 0.1) is 16.7 Å². The predicted octanol–water partition coefficient (Wildman–Crippen LogP) is 2.98. The minimum absolute atomic E-state index is 0.181. The molecule has 0 saturated carbocycles. The Morgan fingerprint density at radius 3 is 2.73 bits per heavy atom. The molecule has 0 bridgehead atoms. The lowest BCUT2D eigenvalue weighted by Crippen LogP contribution is -2.46. The number of hydrogen-bond acceptors (Lipinski definition) is 4. The van der Waals surface area contributed by atoms with Gasteiger partial charge in [0, 0.05) is 25.0 Å². The zero-order valence-corrected chi connectivity index (χ0v) is 15.8. The molecular formula is C15H27N3O2S2. The van der Waals surface area contributed by atoms with Gasteiger partial charge in [-0.2, -0.15) is 17.0 Å². The second-order valence-corrected chi connectivity index (χ2v) is 9.32. The fourth-order valence-electron chi connectivity index (χ4n) is 2.91. The Labute approximate surface area is 138 Å². The van der Waals surface area contributed by atoms with Crippen molar-refractivity contribution < 1.29 is 8.42 Å². The monoisotopic (exact) mass is 345 g/mol. The molecule has 0 aromatic carbocycles. The molecular weight excluding hydrogens is 318 g/mol. The van der Waals surface area contributed by atoms with Gasteiger partial charge in [-0.25, -0.2) is 4.98 Å². The minimum Gasteiger partial charge on any atom is -0.246 e. The molecule has 1 saturated heterocycles. The number of piperidine rings is 1. The Kier molecular flexibility index (Phi) is 5.63. The number of nitrogens with zero attached hydrogens (tertiary/aromatic N) is 3. The molecule has 2 heterocycles. The van der Waals surface area contributed by atoms with Crippen LogP contribution in [0.5, 0.6) is 0 Å². The smallest absolute Gasteiger partial charge is 0.246 e. The molecule has 5 nitrogen and oxygen atoms in total. The maximum atomic E-state index is 12.9. The van der Waals surface area contributed by atoms with Crippen molar-refractivity contribution in [1.82, 2.24) is 13.6 Å². The third-order valence-corrected chi connectivity index (χ3v) is 7.91. The van der Waals surface area contributed by atoms with Crippen molar-refractivity contribution in [1.29, 1.82) is 0 Å². The highest BCUT2D eigenvalue weighted by Gasteiger charge is 2.34. The van der Waals surface area contributed by atoms with Gasteiger partial charge in [0.2, 0.25) is 0 Å². The van der Waals surface area contributed by atoms with Crippen LogP contribution < -0.4 is 0 Å². The van der Waals surface area contributed by atoms with Gasteiger partial charge in [0.15, 0.2) is 0 Å². The van der Waals surface area contributed by atoms with Crippen LogP contribution in [0.25, 0.3) is 0 Å². The van der Waals surface area contributed by atoms with Crippen LogP contribution in [0.2, 0.25) is 0 Å². The SMILES string of the molecule is CCc1nc(C)c([C@@H](C)N(C)S(=O)(=O)N2CCC[C@H](C)C2)s1. The quantitative estimate of drug-likeness (QED) is 0.824. The number of aromatic nitrogens is 1. The Morgan fingerprint density at radius 2 is 2.18 bits per heavy atom. The van der Waals surface area contributed by atoms with Crippen LogP contribution in [0.1, 0.15) is 55.2 Å². The van der Waals surface area contributed by atoms with Crippen LogP contribution in [-0.4, -0.2) is 42.1 Å². The second-order valence-electron chi connectivity index (χ2n) is 6.22. The largest absolute Gasteiger partial charge is 0.282 e. The van der Waals surface area contributed by atoms with E-state index in [0.29, 0.717) is 19.0 Å². The van der Waals surface area contributed by atoms with Gasteiger partial charge in [-0.15, -0.1) is 11.3 Å². The van der Waals surface area contributed by atoms with Crippen molar-refractivity contribution in [2.24, 2.45) is 5.92 Å². The van der Waals surface area contributed by atoms with Crippen LogP contribution in [0, 0.1) is 12.8 Å². The van der Waals surface area contributed by atoms with Gasteiger partial charge >= 0.3 is 0 Å². The molecule has 22 heavy (non-hydrogen) atoms. The molecule has 1 aromatic heterocycles. The summed E-state index contributed by atoms with van der Waals surface area (Å²) in [6, 6.07) is -0.181. The van der Waals surface area contributed by atoms with E-state index in [1.165, 1.54) is 4.31 Å². The van der Waals surface area contributed by atoms with E-state index in [0.717, 1.165) is 34.8 Å². The molecule has 1 aromatic rings. The zero-order chi connectivity index (χ0) is 16.5. The average Bonchev–Trinajstić information content (AvgIpc) is 2.86. The van der Waals surface area contributed by atoms with Gasteiger partial charge in [-0.1, -0.05) is 13.8 Å². The number of aryl methyl sites for hydroxylation is 2. The Bertz CT molecular complexity index is 612. The Balaban J connectivity index is 2.21. The molecule has 0 N–H and O–H groups in total. The lowest BCUT2D eigenvalue weighted by atomic mass is 10.0. The first-order valence-electron chi connectivity index (χ1n) is 7.96. The van der Waals surface area contributed by atoms with Crippen LogP contribution in [0.15, 0.2) is 0 Å². The average molecular weight is 346 g/mol. The summed E-state index contributed by atoms with van der Waals surface area (Å²) in [5.41, 5.74) is 0.948. The molecule has 2 atom stereocenters. The van der Waals surface area contributed by atoms with E-state index in [1.807, 2.05) is 13.8 Å². The van der Waals surface area contributed by atoms with E-state index in [-0.39, 0.29) is 6.04 Å². The third-order valence-electron chi connectivity index (χ3n) is 4.41. The summed E-state index contributed by atoms with van der Waals surface area (Å²) >= 11 is 1.62. The zero-order valence-electron chi connectivity index (χ0n) is 14.2. The lowest BCUT2D eigenvalue weighted by molar-refractivity contribution is 0.255. The predicted molar refractivity (Wildman–Crippen MR) is 91.3 cm³/mol. The van der Waals surface area contributed by atoms with Crippen LogP contribution in [-0.2, 0) is 16.6 Å². The van der Waals surface area contributed by atoms with Gasteiger partial charge in [0.1, 0.15) is 0 Å². The van der Waals surface area contributed by atoms with Crippen LogP contribution in [0.3, 0.4) is 0 Å². The maximum absolute atomic E-state index is 12.9. The van der Waals surface area contributed by atoms with Crippen LogP contribution in [0.4, 0.5) is 0 Å². The summed E-state index contributed by atoms with van der Waals surface area (Å²) in [4.78, 5) is 5.57. The summed E-state index contributed by atoms with van der Waals surface area (Å²) in [5.74, 6) is 0.434. The highest BCUT2D eigenvalue weighted by atomic mass is 32.2. The van der Waals surface area contributed by atoms with Crippen molar-refractivity contribution >= 4 is 21.5 Å². The minimum atomic E-state index is -3.41. The van der Waals surface area contributed by atoms with Crippen molar-refractivity contribution in [3.05, 3.63) is 15.6 Å². The lowest BCUT2D eigenvalue weighted by Gasteiger charge is -2.35. The molecule has 126 valence electrons. The Morgan fingerprint density at radius 1 is 1.50 bits per heavy atom. The highest BCUT2D eigenvalue weighted by Crippen LogP contribution is 2.32. The normalized spacial score (nSPS) is 22.2. The molecule has 1 aliphatic rings. The third kappa shape index (κ3) is 3.53. The molecule has 0 radical (unpaired) electrons. The van der Waals surface area contributed by atoms with Crippen molar-refractivity contribution in [3.8, 4) is 0 Å². The van der Waals surface area contributed by atoms with E-state index < -0.39 is 10.2 Å². The molecule has 1 fully saturated rings. The second kappa shape index (κ2) is 6.95. The first kappa shape index (κ1) is 17.8. The number of hydrogen-bond donors (Lipinski definition) is 0. The van der Waals surface area contributed by atoms with Gasteiger partial charge in [-0.3, -0.25) is 0 Å². The van der Waals surface area contributed by atoms with Gasteiger partial charge in [0.25, 0.3) is 10.2 Å². The molecule has 7 heteroatoms. The van der Waals surface area contributed by atoms with E-state index >= 15 is 0 Å². The fourth-order valence-corrected chi connectivity index (χ4v) is 5.75. The molecule has 0 aliphatic carbocycles. The maximum Gasteiger partial charge on any atom is 0.282 e. The van der Waals surface area contributed by atoms with Crippen molar-refractivity contribution in [3.63, 3.8) is 0 Å². The van der Waals surface area contributed by atoms with Crippen LogP contribution >= 0.6 is 11.3 Å².